The molecule has 3 nitrogen and oxygen atoms in total. The van der Waals surface area contributed by atoms with Crippen LogP contribution in [-0.2, 0) is 0 Å². The SMILES string of the molecule is Cc1cc(C)c(C)c(Oc2cccnc2C#N)c1. The third-order valence-electron chi connectivity index (χ3n) is 2.86. The maximum absolute atomic E-state index is 8.98. The molecule has 2 rings (SSSR count). The Morgan fingerprint density at radius 3 is 2.67 bits per heavy atom. The molecule has 1 heterocycles. The monoisotopic (exact) mass is 238 g/mol. The van der Waals surface area contributed by atoms with Crippen molar-refractivity contribution in [3.8, 4) is 17.6 Å². The zero-order valence-corrected chi connectivity index (χ0v) is 10.7. The highest BCUT2D eigenvalue weighted by Crippen LogP contribution is 2.29. The number of aromatic nitrogens is 1. The maximum atomic E-state index is 8.98. The van der Waals surface area contributed by atoms with E-state index in [4.69, 9.17) is 10.00 Å². The molecule has 0 saturated heterocycles. The Labute approximate surface area is 107 Å². The van der Waals surface area contributed by atoms with Crippen LogP contribution in [0.4, 0.5) is 0 Å². The molecule has 0 bridgehead atoms. The lowest BCUT2D eigenvalue weighted by Crippen LogP contribution is -1.94. The minimum Gasteiger partial charge on any atom is -0.454 e. The lowest BCUT2D eigenvalue weighted by atomic mass is 10.1. The van der Waals surface area contributed by atoms with E-state index in [1.54, 1.807) is 18.3 Å². The van der Waals surface area contributed by atoms with Crippen LogP contribution in [0.5, 0.6) is 11.5 Å². The van der Waals surface area contributed by atoms with Gasteiger partial charge >= 0.3 is 0 Å². The second kappa shape index (κ2) is 4.89. The van der Waals surface area contributed by atoms with Gasteiger partial charge < -0.3 is 4.74 Å². The number of nitrogens with zero attached hydrogens (tertiary/aromatic N) is 2. The smallest absolute Gasteiger partial charge is 0.183 e. The number of hydrogen-bond donors (Lipinski definition) is 0. The van der Waals surface area contributed by atoms with Gasteiger partial charge in [0, 0.05) is 6.20 Å². The lowest BCUT2D eigenvalue weighted by Gasteiger charge is -2.12. The van der Waals surface area contributed by atoms with Gasteiger partial charge in [0.2, 0.25) is 0 Å². The molecule has 0 spiro atoms. The first-order chi connectivity index (χ1) is 8.61. The van der Waals surface area contributed by atoms with Crippen molar-refractivity contribution < 1.29 is 4.74 Å². The molecule has 0 unspecified atom stereocenters. The van der Waals surface area contributed by atoms with E-state index >= 15 is 0 Å². The normalized spacial score (nSPS) is 9.89. The molecule has 1 aromatic carbocycles. The third kappa shape index (κ3) is 2.33. The zero-order valence-electron chi connectivity index (χ0n) is 10.7. The summed E-state index contributed by atoms with van der Waals surface area (Å²) in [7, 11) is 0. The van der Waals surface area contributed by atoms with Gasteiger partial charge in [-0.15, -0.1) is 0 Å². The van der Waals surface area contributed by atoms with Crippen LogP contribution in [0.2, 0.25) is 0 Å². The van der Waals surface area contributed by atoms with Crippen LogP contribution in [0.3, 0.4) is 0 Å². The fourth-order valence-electron chi connectivity index (χ4n) is 1.78. The maximum Gasteiger partial charge on any atom is 0.183 e. The van der Waals surface area contributed by atoms with Crippen molar-refractivity contribution in [2.75, 3.05) is 0 Å². The van der Waals surface area contributed by atoms with Crippen LogP contribution >= 0.6 is 0 Å². The largest absolute Gasteiger partial charge is 0.454 e. The van der Waals surface area contributed by atoms with Gasteiger partial charge in [-0.1, -0.05) is 6.07 Å². The molecule has 2 aromatic rings. The molecular formula is C15H14N2O. The van der Waals surface area contributed by atoms with Crippen LogP contribution in [0, 0.1) is 32.1 Å². The van der Waals surface area contributed by atoms with Gasteiger partial charge in [0.25, 0.3) is 0 Å². The molecule has 0 radical (unpaired) electrons. The summed E-state index contributed by atoms with van der Waals surface area (Å²) in [4.78, 5) is 3.98. The Kier molecular flexibility index (Phi) is 3.29. The first kappa shape index (κ1) is 12.1. The molecule has 3 heteroatoms. The van der Waals surface area contributed by atoms with Gasteiger partial charge in [-0.3, -0.25) is 0 Å². The summed E-state index contributed by atoms with van der Waals surface area (Å²) in [5, 5.41) is 8.98. The van der Waals surface area contributed by atoms with E-state index < -0.39 is 0 Å². The zero-order chi connectivity index (χ0) is 13.1. The second-order valence-corrected chi connectivity index (χ2v) is 4.27. The van der Waals surface area contributed by atoms with Crippen LogP contribution in [0.1, 0.15) is 22.4 Å². The average molecular weight is 238 g/mol. The number of rotatable bonds is 2. The van der Waals surface area contributed by atoms with Gasteiger partial charge in [-0.25, -0.2) is 4.98 Å². The van der Waals surface area contributed by atoms with Crippen LogP contribution in [0.25, 0.3) is 0 Å². The molecule has 1 aromatic heterocycles. The molecule has 0 aliphatic heterocycles. The number of aryl methyl sites for hydroxylation is 2. The Morgan fingerprint density at radius 1 is 1.17 bits per heavy atom. The second-order valence-electron chi connectivity index (χ2n) is 4.27. The quantitative estimate of drug-likeness (QED) is 0.801. The number of pyridine rings is 1. The van der Waals surface area contributed by atoms with E-state index in [0.717, 1.165) is 16.9 Å². The van der Waals surface area contributed by atoms with E-state index in [2.05, 4.69) is 11.1 Å². The topological polar surface area (TPSA) is 45.9 Å². The molecule has 0 fully saturated rings. The summed E-state index contributed by atoms with van der Waals surface area (Å²) in [6.45, 7) is 6.07. The van der Waals surface area contributed by atoms with Crippen molar-refractivity contribution in [2.24, 2.45) is 0 Å². The Hall–Kier alpha value is -2.34. The molecule has 0 aliphatic rings. The number of hydrogen-bond acceptors (Lipinski definition) is 3. The highest BCUT2D eigenvalue weighted by Gasteiger charge is 2.09. The average Bonchev–Trinajstić information content (AvgIpc) is 2.36. The van der Waals surface area contributed by atoms with Crippen LogP contribution in [0.15, 0.2) is 30.5 Å². The molecule has 0 aliphatic carbocycles. The Bertz CT molecular complexity index is 627. The van der Waals surface area contributed by atoms with Crippen molar-refractivity contribution in [1.82, 2.24) is 4.98 Å². The fraction of sp³-hybridized carbons (Fsp3) is 0.200. The molecule has 18 heavy (non-hydrogen) atoms. The Balaban J connectivity index is 2.44. The number of nitriles is 1. The first-order valence-corrected chi connectivity index (χ1v) is 5.72. The van der Waals surface area contributed by atoms with Crippen molar-refractivity contribution in [2.45, 2.75) is 20.8 Å². The fourth-order valence-corrected chi connectivity index (χ4v) is 1.78. The summed E-state index contributed by atoms with van der Waals surface area (Å²) in [6, 6.07) is 9.62. The Morgan fingerprint density at radius 2 is 1.94 bits per heavy atom. The van der Waals surface area contributed by atoms with E-state index in [1.807, 2.05) is 32.9 Å². The van der Waals surface area contributed by atoms with Crippen molar-refractivity contribution in [3.63, 3.8) is 0 Å². The van der Waals surface area contributed by atoms with E-state index in [1.165, 1.54) is 5.56 Å². The molecule has 0 atom stereocenters. The van der Waals surface area contributed by atoms with Crippen LogP contribution in [-0.4, -0.2) is 4.98 Å². The minimum absolute atomic E-state index is 0.302. The van der Waals surface area contributed by atoms with Crippen molar-refractivity contribution in [1.29, 1.82) is 5.26 Å². The summed E-state index contributed by atoms with van der Waals surface area (Å²) in [6.07, 6.45) is 1.58. The minimum atomic E-state index is 0.302. The van der Waals surface area contributed by atoms with E-state index in [0.29, 0.717) is 11.4 Å². The van der Waals surface area contributed by atoms with Crippen molar-refractivity contribution in [3.05, 3.63) is 52.8 Å². The summed E-state index contributed by atoms with van der Waals surface area (Å²) < 4.78 is 5.81. The van der Waals surface area contributed by atoms with Gasteiger partial charge in [0.1, 0.15) is 11.8 Å². The van der Waals surface area contributed by atoms with Gasteiger partial charge in [-0.05, 0) is 55.7 Å². The number of benzene rings is 1. The highest BCUT2D eigenvalue weighted by molar-refractivity contribution is 5.46. The predicted molar refractivity (Wildman–Crippen MR) is 69.7 cm³/mol. The van der Waals surface area contributed by atoms with Crippen LogP contribution < -0.4 is 4.74 Å². The van der Waals surface area contributed by atoms with Gasteiger partial charge in [0.05, 0.1) is 0 Å². The molecular weight excluding hydrogens is 224 g/mol. The summed E-state index contributed by atoms with van der Waals surface area (Å²) in [5.74, 6) is 1.27. The van der Waals surface area contributed by atoms with Crippen molar-refractivity contribution >= 4 is 0 Å². The molecule has 0 amide bonds. The molecule has 0 saturated carbocycles. The summed E-state index contributed by atoms with van der Waals surface area (Å²) >= 11 is 0. The van der Waals surface area contributed by atoms with E-state index in [9.17, 15) is 0 Å². The number of ether oxygens (including phenoxy) is 1. The molecule has 90 valence electrons. The lowest BCUT2D eigenvalue weighted by molar-refractivity contribution is 0.474. The summed E-state index contributed by atoms with van der Waals surface area (Å²) in [5.41, 5.74) is 3.69. The molecule has 0 N–H and O–H groups in total. The highest BCUT2D eigenvalue weighted by atomic mass is 16.5. The van der Waals surface area contributed by atoms with Gasteiger partial charge in [-0.2, -0.15) is 5.26 Å². The predicted octanol–water partition coefficient (Wildman–Crippen LogP) is 3.67. The first-order valence-electron chi connectivity index (χ1n) is 5.72. The standard InChI is InChI=1S/C15H14N2O/c1-10-7-11(2)12(3)15(8-10)18-14-5-4-6-17-13(14)9-16/h4-8H,1-3H3. The van der Waals surface area contributed by atoms with E-state index in [-0.39, 0.29) is 0 Å². The third-order valence-corrected chi connectivity index (χ3v) is 2.86. The van der Waals surface area contributed by atoms with Gasteiger partial charge in [0.15, 0.2) is 11.4 Å².